The summed E-state index contributed by atoms with van der Waals surface area (Å²) in [7, 11) is -0.130. The van der Waals surface area contributed by atoms with Crippen molar-refractivity contribution in [2.24, 2.45) is 0 Å². The van der Waals surface area contributed by atoms with Crippen molar-refractivity contribution in [2.75, 3.05) is 38.8 Å². The van der Waals surface area contributed by atoms with Crippen LogP contribution in [-0.2, 0) is 25.8 Å². The first-order valence-electron chi connectivity index (χ1n) is 7.42. The number of amides is 1. The van der Waals surface area contributed by atoms with Gasteiger partial charge in [0.2, 0.25) is 5.91 Å². The highest BCUT2D eigenvalue weighted by Crippen LogP contribution is 2.05. The molecule has 0 aromatic heterocycles. The van der Waals surface area contributed by atoms with Crippen LogP contribution in [-0.4, -0.2) is 58.0 Å². The third kappa shape index (κ3) is 7.56. The molecule has 0 atom stereocenters. The number of ether oxygens (including phenoxy) is 1. The SMILES string of the molecule is COCCCN(C)C(=O)CS(=O)(=O)CCCc1ccccc1. The zero-order valence-corrected chi connectivity index (χ0v) is 14.1. The average molecular weight is 327 g/mol. The summed E-state index contributed by atoms with van der Waals surface area (Å²) in [5.41, 5.74) is 1.11. The Labute approximate surface area is 133 Å². The average Bonchev–Trinajstić information content (AvgIpc) is 2.47. The molecule has 124 valence electrons. The van der Waals surface area contributed by atoms with Crippen molar-refractivity contribution in [1.29, 1.82) is 0 Å². The Kier molecular flexibility index (Phi) is 8.12. The molecule has 0 radical (unpaired) electrons. The Morgan fingerprint density at radius 2 is 1.86 bits per heavy atom. The van der Waals surface area contributed by atoms with Gasteiger partial charge in [-0.15, -0.1) is 0 Å². The lowest BCUT2D eigenvalue weighted by atomic mass is 10.1. The van der Waals surface area contributed by atoms with E-state index in [0.717, 1.165) is 5.56 Å². The van der Waals surface area contributed by atoms with Crippen molar-refractivity contribution in [3.8, 4) is 0 Å². The molecular formula is C16H25NO4S. The summed E-state index contributed by atoms with van der Waals surface area (Å²) < 4.78 is 28.9. The molecule has 0 heterocycles. The van der Waals surface area contributed by atoms with Gasteiger partial charge in [-0.1, -0.05) is 30.3 Å². The zero-order chi connectivity index (χ0) is 16.4. The molecular weight excluding hydrogens is 302 g/mol. The summed E-state index contributed by atoms with van der Waals surface area (Å²) in [4.78, 5) is 13.3. The van der Waals surface area contributed by atoms with Crippen LogP contribution in [0.2, 0.25) is 0 Å². The van der Waals surface area contributed by atoms with Crippen molar-refractivity contribution in [2.45, 2.75) is 19.3 Å². The van der Waals surface area contributed by atoms with E-state index in [1.54, 1.807) is 14.2 Å². The van der Waals surface area contributed by atoms with Gasteiger partial charge < -0.3 is 9.64 Å². The van der Waals surface area contributed by atoms with Crippen LogP contribution in [0, 0.1) is 0 Å². The number of aryl methyl sites for hydroxylation is 1. The van der Waals surface area contributed by atoms with Gasteiger partial charge in [-0.25, -0.2) is 8.42 Å². The molecule has 6 heteroatoms. The maximum atomic E-state index is 12.0. The first-order valence-corrected chi connectivity index (χ1v) is 9.24. The van der Waals surface area contributed by atoms with Crippen molar-refractivity contribution in [1.82, 2.24) is 4.90 Å². The number of sulfone groups is 1. The van der Waals surface area contributed by atoms with E-state index in [9.17, 15) is 13.2 Å². The van der Waals surface area contributed by atoms with Crippen LogP contribution in [0.3, 0.4) is 0 Å². The summed E-state index contributed by atoms with van der Waals surface area (Å²) in [6.45, 7) is 1.06. The smallest absolute Gasteiger partial charge is 0.237 e. The second-order valence-corrected chi connectivity index (χ2v) is 7.53. The zero-order valence-electron chi connectivity index (χ0n) is 13.3. The van der Waals surface area contributed by atoms with E-state index in [0.29, 0.717) is 32.4 Å². The summed E-state index contributed by atoms with van der Waals surface area (Å²) in [6, 6.07) is 9.74. The molecule has 0 saturated carbocycles. The molecule has 0 unspecified atom stereocenters. The van der Waals surface area contributed by atoms with Gasteiger partial charge in [0.25, 0.3) is 0 Å². The Morgan fingerprint density at radius 3 is 2.50 bits per heavy atom. The Balaban J connectivity index is 2.34. The molecule has 0 bridgehead atoms. The molecule has 1 rings (SSSR count). The number of hydrogen-bond donors (Lipinski definition) is 0. The predicted molar refractivity (Wildman–Crippen MR) is 87.5 cm³/mol. The highest BCUT2D eigenvalue weighted by molar-refractivity contribution is 7.92. The lowest BCUT2D eigenvalue weighted by molar-refractivity contribution is -0.127. The van der Waals surface area contributed by atoms with Crippen molar-refractivity contribution >= 4 is 15.7 Å². The molecule has 0 fully saturated rings. The molecule has 1 aromatic carbocycles. The van der Waals surface area contributed by atoms with Gasteiger partial charge in [0.05, 0.1) is 5.75 Å². The minimum absolute atomic E-state index is 0.0412. The number of methoxy groups -OCH3 is 1. The number of benzene rings is 1. The van der Waals surface area contributed by atoms with Gasteiger partial charge in [-0.05, 0) is 24.8 Å². The first kappa shape index (κ1) is 18.6. The number of carbonyl (C=O) groups excluding carboxylic acids is 1. The standard InChI is InChI=1S/C16H25NO4S/c1-17(11-7-12-21-2)16(18)14-22(19,20)13-6-10-15-8-4-3-5-9-15/h3-5,8-9H,6-7,10-14H2,1-2H3. The van der Waals surface area contributed by atoms with Crippen molar-refractivity contribution in [3.63, 3.8) is 0 Å². The topological polar surface area (TPSA) is 63.7 Å². The van der Waals surface area contributed by atoms with Gasteiger partial charge in [-0.3, -0.25) is 4.79 Å². The van der Waals surface area contributed by atoms with Crippen LogP contribution >= 0.6 is 0 Å². The van der Waals surface area contributed by atoms with Gasteiger partial charge >= 0.3 is 0 Å². The lowest BCUT2D eigenvalue weighted by Crippen LogP contribution is -2.34. The molecule has 0 aliphatic heterocycles. The maximum Gasteiger partial charge on any atom is 0.237 e. The molecule has 0 N–H and O–H groups in total. The normalized spacial score (nSPS) is 11.4. The third-order valence-corrected chi connectivity index (χ3v) is 4.97. The number of hydrogen-bond acceptors (Lipinski definition) is 4. The van der Waals surface area contributed by atoms with E-state index in [1.165, 1.54) is 4.90 Å². The summed E-state index contributed by atoms with van der Waals surface area (Å²) in [6.07, 6.45) is 1.94. The fourth-order valence-electron chi connectivity index (χ4n) is 2.08. The fourth-order valence-corrected chi connectivity index (χ4v) is 3.41. The third-order valence-electron chi connectivity index (χ3n) is 3.37. The van der Waals surface area contributed by atoms with Crippen LogP contribution in [0.5, 0.6) is 0 Å². The Bertz CT molecular complexity index is 543. The van der Waals surface area contributed by atoms with Crippen LogP contribution in [0.15, 0.2) is 30.3 Å². The molecule has 0 saturated heterocycles. The monoisotopic (exact) mass is 327 g/mol. The molecule has 22 heavy (non-hydrogen) atoms. The van der Waals surface area contributed by atoms with E-state index in [2.05, 4.69) is 0 Å². The van der Waals surface area contributed by atoms with E-state index in [-0.39, 0.29) is 11.7 Å². The minimum Gasteiger partial charge on any atom is -0.385 e. The number of rotatable bonds is 10. The predicted octanol–water partition coefficient (Wildman–Crippen LogP) is 1.53. The van der Waals surface area contributed by atoms with E-state index >= 15 is 0 Å². The van der Waals surface area contributed by atoms with Crippen LogP contribution in [0.4, 0.5) is 0 Å². The molecule has 0 spiro atoms. The Hall–Kier alpha value is -1.40. The van der Waals surface area contributed by atoms with Crippen molar-refractivity contribution < 1.29 is 17.9 Å². The molecule has 1 aromatic rings. The minimum atomic E-state index is -3.35. The molecule has 5 nitrogen and oxygen atoms in total. The van der Waals surface area contributed by atoms with Crippen molar-refractivity contribution in [3.05, 3.63) is 35.9 Å². The molecule has 0 aliphatic carbocycles. The quantitative estimate of drug-likeness (QED) is 0.611. The van der Waals surface area contributed by atoms with Crippen LogP contribution in [0.25, 0.3) is 0 Å². The summed E-state index contributed by atoms with van der Waals surface area (Å²) in [5, 5.41) is 0. The fraction of sp³-hybridized carbons (Fsp3) is 0.562. The maximum absolute atomic E-state index is 12.0. The van der Waals surface area contributed by atoms with Gasteiger partial charge in [0.1, 0.15) is 5.75 Å². The second-order valence-electron chi connectivity index (χ2n) is 5.34. The number of nitrogens with zero attached hydrogens (tertiary/aromatic N) is 1. The number of carbonyl (C=O) groups is 1. The second kappa shape index (κ2) is 9.58. The van der Waals surface area contributed by atoms with Crippen LogP contribution < -0.4 is 0 Å². The Morgan fingerprint density at radius 1 is 1.18 bits per heavy atom. The van der Waals surface area contributed by atoms with E-state index in [4.69, 9.17) is 4.74 Å². The van der Waals surface area contributed by atoms with Crippen LogP contribution in [0.1, 0.15) is 18.4 Å². The summed E-state index contributed by atoms with van der Waals surface area (Å²) in [5.74, 6) is -0.721. The lowest BCUT2D eigenvalue weighted by Gasteiger charge is -2.16. The molecule has 0 aliphatic rings. The van der Waals surface area contributed by atoms with Gasteiger partial charge in [0.15, 0.2) is 9.84 Å². The van der Waals surface area contributed by atoms with E-state index in [1.807, 2.05) is 30.3 Å². The molecule has 1 amide bonds. The van der Waals surface area contributed by atoms with E-state index < -0.39 is 15.6 Å². The highest BCUT2D eigenvalue weighted by Gasteiger charge is 2.19. The first-order chi connectivity index (χ1) is 10.4. The highest BCUT2D eigenvalue weighted by atomic mass is 32.2. The largest absolute Gasteiger partial charge is 0.385 e. The van der Waals surface area contributed by atoms with Gasteiger partial charge in [-0.2, -0.15) is 0 Å². The van der Waals surface area contributed by atoms with Gasteiger partial charge in [0, 0.05) is 27.3 Å². The summed E-state index contributed by atoms with van der Waals surface area (Å²) >= 11 is 0.